The van der Waals surface area contributed by atoms with Gasteiger partial charge in [-0.2, -0.15) is 0 Å². The van der Waals surface area contributed by atoms with E-state index in [1.807, 2.05) is 47.3 Å². The Hall–Kier alpha value is -2.74. The third-order valence-electron chi connectivity index (χ3n) is 3.99. The number of aromatic nitrogens is 2. The van der Waals surface area contributed by atoms with E-state index < -0.39 is 0 Å². The minimum Gasteiger partial charge on any atom is -0.486 e. The molecule has 130 valence electrons. The summed E-state index contributed by atoms with van der Waals surface area (Å²) in [6.45, 7) is 3.42. The van der Waals surface area contributed by atoms with Crippen molar-refractivity contribution >= 4 is 22.3 Å². The number of thiazole rings is 1. The molecule has 7 nitrogen and oxygen atoms in total. The molecular formula is C17H18N4O3S. The molecule has 1 atom stereocenters. The SMILES string of the molecule is CC(NC(=O)NCc1cn2ccsc2n1)c1ccc2c(c1)OCCO2. The number of nitrogens with one attached hydrogen (secondary N) is 2. The zero-order valence-corrected chi connectivity index (χ0v) is 14.5. The van der Waals surface area contributed by atoms with Crippen molar-refractivity contribution in [1.82, 2.24) is 20.0 Å². The Morgan fingerprint density at radius 2 is 2.20 bits per heavy atom. The van der Waals surface area contributed by atoms with E-state index in [2.05, 4.69) is 15.6 Å². The van der Waals surface area contributed by atoms with Crippen LogP contribution in [0.2, 0.25) is 0 Å². The fourth-order valence-electron chi connectivity index (χ4n) is 2.69. The third-order valence-corrected chi connectivity index (χ3v) is 4.76. The molecular weight excluding hydrogens is 340 g/mol. The van der Waals surface area contributed by atoms with Gasteiger partial charge in [0.25, 0.3) is 0 Å². The molecule has 0 aliphatic carbocycles. The molecule has 0 fully saturated rings. The van der Waals surface area contributed by atoms with Crippen molar-refractivity contribution in [3.8, 4) is 11.5 Å². The summed E-state index contributed by atoms with van der Waals surface area (Å²) in [6, 6.07) is 5.32. The minimum absolute atomic E-state index is 0.152. The number of hydrogen-bond acceptors (Lipinski definition) is 5. The van der Waals surface area contributed by atoms with E-state index in [9.17, 15) is 4.79 Å². The fraction of sp³-hybridized carbons (Fsp3) is 0.294. The highest BCUT2D eigenvalue weighted by Crippen LogP contribution is 2.32. The van der Waals surface area contributed by atoms with Crippen LogP contribution >= 0.6 is 11.3 Å². The zero-order chi connectivity index (χ0) is 17.2. The molecule has 1 unspecified atom stereocenters. The predicted octanol–water partition coefficient (Wildman–Crippen LogP) is 2.73. The number of carbonyl (C=O) groups excluding carboxylic acids is 1. The summed E-state index contributed by atoms with van der Waals surface area (Å²) in [6.07, 6.45) is 3.86. The summed E-state index contributed by atoms with van der Waals surface area (Å²) in [5.74, 6) is 1.46. The summed E-state index contributed by atoms with van der Waals surface area (Å²) in [5.41, 5.74) is 1.79. The highest BCUT2D eigenvalue weighted by Gasteiger charge is 2.16. The number of nitrogens with zero attached hydrogens (tertiary/aromatic N) is 2. The van der Waals surface area contributed by atoms with Gasteiger partial charge >= 0.3 is 6.03 Å². The van der Waals surface area contributed by atoms with Gasteiger partial charge in [0.1, 0.15) is 13.2 Å². The van der Waals surface area contributed by atoms with Gasteiger partial charge < -0.3 is 20.1 Å². The number of rotatable bonds is 4. The average molecular weight is 358 g/mol. The average Bonchev–Trinajstić information content (AvgIpc) is 3.21. The Kier molecular flexibility index (Phi) is 4.19. The summed E-state index contributed by atoms with van der Waals surface area (Å²) in [4.78, 5) is 17.5. The molecule has 2 N–H and O–H groups in total. The van der Waals surface area contributed by atoms with Crippen molar-refractivity contribution in [2.45, 2.75) is 19.5 Å². The molecule has 2 aromatic heterocycles. The first-order valence-corrected chi connectivity index (χ1v) is 8.92. The van der Waals surface area contributed by atoms with Crippen LogP contribution in [0.1, 0.15) is 24.2 Å². The predicted molar refractivity (Wildman–Crippen MR) is 94.3 cm³/mol. The van der Waals surface area contributed by atoms with Gasteiger partial charge in [-0.15, -0.1) is 11.3 Å². The largest absolute Gasteiger partial charge is 0.486 e. The highest BCUT2D eigenvalue weighted by molar-refractivity contribution is 7.15. The standard InChI is InChI=1S/C17H18N4O3S/c1-11(12-2-3-14-15(8-12)24-6-5-23-14)19-16(22)18-9-13-10-21-4-7-25-17(21)20-13/h2-4,7-8,10-11H,5-6,9H2,1H3,(H2,18,19,22). The van der Waals surface area contributed by atoms with E-state index in [1.165, 1.54) is 0 Å². The summed E-state index contributed by atoms with van der Waals surface area (Å²) in [7, 11) is 0. The second-order valence-electron chi connectivity index (χ2n) is 5.78. The number of fused-ring (bicyclic) bond motifs is 2. The molecule has 2 amide bonds. The van der Waals surface area contributed by atoms with Crippen molar-refractivity contribution in [2.24, 2.45) is 0 Å². The Bertz CT molecular complexity index is 876. The van der Waals surface area contributed by atoms with E-state index in [4.69, 9.17) is 9.47 Å². The molecule has 1 aromatic carbocycles. The fourth-order valence-corrected chi connectivity index (χ4v) is 3.41. The molecule has 0 spiro atoms. The van der Waals surface area contributed by atoms with Crippen molar-refractivity contribution < 1.29 is 14.3 Å². The van der Waals surface area contributed by atoms with Gasteiger partial charge in [-0.3, -0.25) is 4.40 Å². The Morgan fingerprint density at radius 3 is 3.04 bits per heavy atom. The second kappa shape index (κ2) is 6.64. The number of ether oxygens (including phenoxy) is 2. The topological polar surface area (TPSA) is 76.9 Å². The normalized spacial score (nSPS) is 14.3. The molecule has 8 heteroatoms. The van der Waals surface area contributed by atoms with Crippen LogP contribution in [-0.2, 0) is 6.54 Å². The van der Waals surface area contributed by atoms with E-state index in [1.54, 1.807) is 11.3 Å². The maximum absolute atomic E-state index is 12.1. The van der Waals surface area contributed by atoms with Crippen LogP contribution in [-0.4, -0.2) is 28.6 Å². The smallest absolute Gasteiger partial charge is 0.315 e. The first-order valence-electron chi connectivity index (χ1n) is 8.04. The molecule has 0 bridgehead atoms. The number of urea groups is 1. The van der Waals surface area contributed by atoms with Gasteiger partial charge in [-0.25, -0.2) is 9.78 Å². The van der Waals surface area contributed by atoms with E-state index in [0.717, 1.165) is 27.7 Å². The Balaban J connectivity index is 1.34. The van der Waals surface area contributed by atoms with Gasteiger partial charge in [0.15, 0.2) is 16.5 Å². The molecule has 25 heavy (non-hydrogen) atoms. The number of amides is 2. The van der Waals surface area contributed by atoms with E-state index in [0.29, 0.717) is 19.8 Å². The Labute approximate surface area is 148 Å². The molecule has 3 aromatic rings. The first kappa shape index (κ1) is 15.8. The van der Waals surface area contributed by atoms with Gasteiger partial charge in [0, 0.05) is 17.8 Å². The van der Waals surface area contributed by atoms with Crippen LogP contribution in [0, 0.1) is 0 Å². The molecule has 0 radical (unpaired) electrons. The van der Waals surface area contributed by atoms with Crippen molar-refractivity contribution in [3.63, 3.8) is 0 Å². The number of imidazole rings is 1. The van der Waals surface area contributed by atoms with Crippen molar-refractivity contribution in [1.29, 1.82) is 0 Å². The number of benzene rings is 1. The van der Waals surface area contributed by atoms with Gasteiger partial charge in [-0.1, -0.05) is 6.07 Å². The maximum Gasteiger partial charge on any atom is 0.315 e. The van der Waals surface area contributed by atoms with E-state index in [-0.39, 0.29) is 12.1 Å². The molecule has 1 aliphatic rings. The lowest BCUT2D eigenvalue weighted by Crippen LogP contribution is -2.36. The van der Waals surface area contributed by atoms with Crippen LogP contribution < -0.4 is 20.1 Å². The highest BCUT2D eigenvalue weighted by atomic mass is 32.1. The van der Waals surface area contributed by atoms with Gasteiger partial charge in [-0.05, 0) is 24.6 Å². The summed E-state index contributed by atoms with van der Waals surface area (Å²) >= 11 is 1.56. The monoisotopic (exact) mass is 358 g/mol. The number of carbonyl (C=O) groups is 1. The summed E-state index contributed by atoms with van der Waals surface area (Å²) < 4.78 is 13.0. The zero-order valence-electron chi connectivity index (χ0n) is 13.7. The molecule has 4 rings (SSSR count). The quantitative estimate of drug-likeness (QED) is 0.752. The lowest BCUT2D eigenvalue weighted by Gasteiger charge is -2.21. The van der Waals surface area contributed by atoms with Crippen molar-refractivity contribution in [2.75, 3.05) is 13.2 Å². The van der Waals surface area contributed by atoms with Crippen molar-refractivity contribution in [3.05, 3.63) is 47.2 Å². The van der Waals surface area contributed by atoms with Crippen LogP contribution in [0.15, 0.2) is 36.0 Å². The van der Waals surface area contributed by atoms with Crippen LogP contribution in [0.25, 0.3) is 4.96 Å². The second-order valence-corrected chi connectivity index (χ2v) is 6.65. The van der Waals surface area contributed by atoms with E-state index >= 15 is 0 Å². The van der Waals surface area contributed by atoms with Crippen LogP contribution in [0.4, 0.5) is 4.79 Å². The van der Waals surface area contributed by atoms with Gasteiger partial charge in [0.05, 0.1) is 18.3 Å². The number of hydrogen-bond donors (Lipinski definition) is 2. The molecule has 0 saturated heterocycles. The molecule has 0 saturated carbocycles. The molecule has 3 heterocycles. The summed E-state index contributed by atoms with van der Waals surface area (Å²) in [5, 5.41) is 7.73. The van der Waals surface area contributed by atoms with Gasteiger partial charge in [0.2, 0.25) is 0 Å². The van der Waals surface area contributed by atoms with Crippen LogP contribution in [0.3, 0.4) is 0 Å². The lowest BCUT2D eigenvalue weighted by atomic mass is 10.1. The first-order chi connectivity index (χ1) is 12.2. The van der Waals surface area contributed by atoms with Crippen LogP contribution in [0.5, 0.6) is 11.5 Å². The molecule has 1 aliphatic heterocycles. The third kappa shape index (κ3) is 3.39. The Morgan fingerprint density at radius 1 is 1.36 bits per heavy atom. The lowest BCUT2D eigenvalue weighted by molar-refractivity contribution is 0.171. The maximum atomic E-state index is 12.1. The minimum atomic E-state index is -0.237.